The van der Waals surface area contributed by atoms with Crippen LogP contribution in [0.2, 0.25) is 5.02 Å². The Kier molecular flexibility index (Phi) is 4.47. The molecule has 0 aliphatic carbocycles. The van der Waals surface area contributed by atoms with Crippen molar-refractivity contribution in [3.05, 3.63) is 64.2 Å². The lowest BCUT2D eigenvalue weighted by Gasteiger charge is -2.29. The van der Waals surface area contributed by atoms with Crippen LogP contribution in [0.3, 0.4) is 0 Å². The zero-order valence-corrected chi connectivity index (χ0v) is 16.0. The summed E-state index contributed by atoms with van der Waals surface area (Å²) in [6.45, 7) is 12.2. The Balaban J connectivity index is 2.09. The molecule has 1 fully saturated rings. The van der Waals surface area contributed by atoms with E-state index in [9.17, 15) is 9.18 Å². The fourth-order valence-corrected chi connectivity index (χ4v) is 3.64. The summed E-state index contributed by atoms with van der Waals surface area (Å²) in [7, 11) is 0. The number of rotatable bonds is 2. The molecule has 0 aromatic heterocycles. The summed E-state index contributed by atoms with van der Waals surface area (Å²) in [5.41, 5.74) is 0.790. The highest BCUT2D eigenvalue weighted by molar-refractivity contribution is 7.81. The monoisotopic (exact) mass is 387 g/mol. The predicted octanol–water partition coefficient (Wildman–Crippen LogP) is 5.26. The number of amides is 1. The molecule has 2 aromatic carbocycles. The minimum absolute atomic E-state index is 0.231. The van der Waals surface area contributed by atoms with Crippen molar-refractivity contribution in [1.82, 2.24) is 0 Å². The summed E-state index contributed by atoms with van der Waals surface area (Å²) in [6.07, 6.45) is 0. The first-order valence-corrected chi connectivity index (χ1v) is 8.59. The molecule has 0 bridgehead atoms. The summed E-state index contributed by atoms with van der Waals surface area (Å²) >= 11 is 11.6. The Morgan fingerprint density at radius 2 is 1.85 bits per heavy atom. The predicted molar refractivity (Wildman–Crippen MR) is 105 cm³/mol. The maximum atomic E-state index is 14.1. The Bertz CT molecular complexity index is 983. The van der Waals surface area contributed by atoms with Gasteiger partial charge in [-0.25, -0.2) is 9.24 Å². The maximum absolute atomic E-state index is 14.1. The van der Waals surface area contributed by atoms with Gasteiger partial charge in [0.2, 0.25) is 5.69 Å². The van der Waals surface area contributed by atoms with Gasteiger partial charge in [-0.15, -0.1) is 0 Å². The van der Waals surface area contributed by atoms with E-state index >= 15 is 0 Å². The molecule has 0 saturated carbocycles. The van der Waals surface area contributed by atoms with Gasteiger partial charge < -0.3 is 4.90 Å². The van der Waals surface area contributed by atoms with Crippen LogP contribution in [0.5, 0.6) is 0 Å². The number of carbonyl (C=O) groups is 1. The van der Waals surface area contributed by atoms with Crippen molar-refractivity contribution < 1.29 is 9.18 Å². The van der Waals surface area contributed by atoms with Crippen molar-refractivity contribution in [3.8, 4) is 0 Å². The van der Waals surface area contributed by atoms with Crippen molar-refractivity contribution in [3.63, 3.8) is 0 Å². The van der Waals surface area contributed by atoms with E-state index in [2.05, 4.69) is 4.85 Å². The molecule has 1 amide bonds. The Morgan fingerprint density at radius 1 is 1.19 bits per heavy atom. The Hall–Kier alpha value is -2.49. The second-order valence-electron chi connectivity index (χ2n) is 6.50. The Morgan fingerprint density at radius 3 is 2.42 bits per heavy atom. The zero-order valence-electron chi connectivity index (χ0n) is 14.4. The highest BCUT2D eigenvalue weighted by Crippen LogP contribution is 2.38. The van der Waals surface area contributed by atoms with Gasteiger partial charge in [0.1, 0.15) is 11.4 Å². The smallest absolute Gasteiger partial charge is 0.259 e. The molecule has 0 spiro atoms. The molecular weight excluding hydrogens is 373 g/mol. The summed E-state index contributed by atoms with van der Waals surface area (Å²) in [4.78, 5) is 19.3. The van der Waals surface area contributed by atoms with Gasteiger partial charge in [-0.3, -0.25) is 9.69 Å². The topological polar surface area (TPSA) is 27.9 Å². The quantitative estimate of drug-likeness (QED) is 0.520. The van der Waals surface area contributed by atoms with Gasteiger partial charge in [0.25, 0.3) is 5.91 Å². The third-order valence-electron chi connectivity index (χ3n) is 4.39. The molecule has 2 aromatic rings. The molecule has 0 unspecified atom stereocenters. The van der Waals surface area contributed by atoms with Crippen LogP contribution in [0.4, 0.5) is 21.5 Å². The number of anilines is 2. The van der Waals surface area contributed by atoms with Crippen LogP contribution < -0.4 is 9.80 Å². The summed E-state index contributed by atoms with van der Waals surface area (Å²) < 4.78 is 14.1. The molecule has 1 saturated heterocycles. The largest absolute Gasteiger partial charge is 0.303 e. The summed E-state index contributed by atoms with van der Waals surface area (Å²) in [5.74, 6) is -0.619. The highest BCUT2D eigenvalue weighted by Gasteiger charge is 2.50. The molecule has 26 heavy (non-hydrogen) atoms. The van der Waals surface area contributed by atoms with Gasteiger partial charge in [-0.05, 0) is 62.8 Å². The normalized spacial score (nSPS) is 16.2. The van der Waals surface area contributed by atoms with E-state index in [0.29, 0.717) is 22.6 Å². The van der Waals surface area contributed by atoms with Crippen LogP contribution in [0, 0.1) is 19.3 Å². The van der Waals surface area contributed by atoms with Crippen molar-refractivity contribution >= 4 is 51.9 Å². The minimum Gasteiger partial charge on any atom is -0.303 e. The lowest BCUT2D eigenvalue weighted by molar-refractivity contribution is -0.120. The number of thiocarbonyl (C=S) groups is 1. The fraction of sp³-hybridized carbons (Fsp3) is 0.211. The molecule has 7 heteroatoms. The number of nitrogens with zero attached hydrogens (tertiary/aromatic N) is 3. The van der Waals surface area contributed by atoms with Gasteiger partial charge in [0.15, 0.2) is 5.11 Å². The van der Waals surface area contributed by atoms with Crippen molar-refractivity contribution in [2.75, 3.05) is 9.80 Å². The van der Waals surface area contributed by atoms with Gasteiger partial charge >= 0.3 is 0 Å². The molecule has 0 radical (unpaired) electrons. The first-order valence-electron chi connectivity index (χ1n) is 7.80. The van der Waals surface area contributed by atoms with Gasteiger partial charge in [-0.1, -0.05) is 23.7 Å². The van der Waals surface area contributed by atoms with Crippen LogP contribution in [-0.2, 0) is 4.79 Å². The molecule has 3 rings (SSSR count). The van der Waals surface area contributed by atoms with E-state index in [4.69, 9.17) is 30.4 Å². The van der Waals surface area contributed by atoms with Gasteiger partial charge in [0.05, 0.1) is 12.3 Å². The molecule has 132 valence electrons. The number of halogens is 2. The van der Waals surface area contributed by atoms with Crippen LogP contribution in [-0.4, -0.2) is 16.6 Å². The summed E-state index contributed by atoms with van der Waals surface area (Å²) in [5, 5.41) is 0.473. The van der Waals surface area contributed by atoms with E-state index in [1.165, 1.54) is 17.0 Å². The number of hydrogen-bond donors (Lipinski definition) is 0. The standard InChI is InChI=1S/C19H15ClFN3OS/c1-11-5-6-13(10-15(11)21)24-18(26)23(17(25)19(24,2)3)12-7-8-16(22-4)14(20)9-12/h5-10H,1-3H3. The van der Waals surface area contributed by atoms with E-state index in [-0.39, 0.29) is 21.9 Å². The summed E-state index contributed by atoms with van der Waals surface area (Å²) in [6, 6.07) is 9.46. The van der Waals surface area contributed by atoms with Gasteiger partial charge in [0, 0.05) is 10.7 Å². The van der Waals surface area contributed by atoms with Crippen LogP contribution >= 0.6 is 23.8 Å². The van der Waals surface area contributed by atoms with E-state index < -0.39 is 5.54 Å². The average Bonchev–Trinajstić information content (AvgIpc) is 2.75. The van der Waals surface area contributed by atoms with Crippen molar-refractivity contribution in [2.24, 2.45) is 0 Å². The van der Waals surface area contributed by atoms with E-state index in [1.54, 1.807) is 49.9 Å². The lowest BCUT2D eigenvalue weighted by Crippen LogP contribution is -2.44. The molecule has 0 atom stereocenters. The first-order chi connectivity index (χ1) is 12.2. The van der Waals surface area contributed by atoms with Crippen molar-refractivity contribution in [1.29, 1.82) is 0 Å². The van der Waals surface area contributed by atoms with E-state index in [1.807, 2.05) is 0 Å². The molecule has 0 N–H and O–H groups in total. The van der Waals surface area contributed by atoms with Crippen molar-refractivity contribution in [2.45, 2.75) is 26.3 Å². The zero-order chi connectivity index (χ0) is 19.2. The molecule has 1 aliphatic heterocycles. The second-order valence-corrected chi connectivity index (χ2v) is 7.27. The highest BCUT2D eigenvalue weighted by atomic mass is 35.5. The maximum Gasteiger partial charge on any atom is 0.259 e. The number of hydrogen-bond acceptors (Lipinski definition) is 2. The lowest BCUT2D eigenvalue weighted by atomic mass is 10.0. The SMILES string of the molecule is [C-]#[N+]c1ccc(N2C(=O)C(C)(C)N(c3ccc(C)c(F)c3)C2=S)cc1Cl. The fourth-order valence-electron chi connectivity index (χ4n) is 2.90. The average molecular weight is 388 g/mol. The molecule has 1 heterocycles. The van der Waals surface area contributed by atoms with Crippen LogP contribution in [0.25, 0.3) is 4.85 Å². The molecule has 4 nitrogen and oxygen atoms in total. The third-order valence-corrected chi connectivity index (χ3v) is 5.06. The van der Waals surface area contributed by atoms with Gasteiger partial charge in [-0.2, -0.15) is 0 Å². The number of aryl methyl sites for hydroxylation is 1. The first kappa shape index (κ1) is 18.3. The third kappa shape index (κ3) is 2.74. The minimum atomic E-state index is -0.996. The van der Waals surface area contributed by atoms with Crippen LogP contribution in [0.1, 0.15) is 19.4 Å². The number of benzene rings is 2. The van der Waals surface area contributed by atoms with Crippen LogP contribution in [0.15, 0.2) is 36.4 Å². The molecule has 1 aliphatic rings. The number of carbonyl (C=O) groups excluding carboxylic acids is 1. The second kappa shape index (κ2) is 6.35. The molecular formula is C19H15ClFN3OS. The van der Waals surface area contributed by atoms with E-state index in [0.717, 1.165) is 0 Å². The Labute approximate surface area is 161 Å².